The number of alkyl halides is 3. The zero-order chi connectivity index (χ0) is 18.4. The lowest BCUT2D eigenvalue weighted by molar-refractivity contribution is -0.274. The maximum absolute atomic E-state index is 12.9. The summed E-state index contributed by atoms with van der Waals surface area (Å²) in [6, 6.07) is 5.89. The molecule has 1 fully saturated rings. The Bertz CT molecular complexity index is 669. The minimum Gasteiger partial charge on any atom is -0.459 e. The molecule has 2 rings (SSSR count). The molecule has 0 amide bonds. The van der Waals surface area contributed by atoms with Crippen molar-refractivity contribution < 1.29 is 31.8 Å². The molecule has 0 unspecified atom stereocenters. The van der Waals surface area contributed by atoms with Gasteiger partial charge >= 0.3 is 12.3 Å². The van der Waals surface area contributed by atoms with Crippen LogP contribution in [0.1, 0.15) is 36.0 Å². The summed E-state index contributed by atoms with van der Waals surface area (Å²) in [7, 11) is 0. The highest BCUT2D eigenvalue weighted by molar-refractivity contribution is 5.89. The van der Waals surface area contributed by atoms with E-state index in [0.717, 1.165) is 12.1 Å². The highest BCUT2D eigenvalue weighted by Gasteiger charge is 2.31. The number of rotatable bonds is 4. The van der Waals surface area contributed by atoms with Crippen LogP contribution in [0.5, 0.6) is 5.75 Å². The Balaban J connectivity index is 1.86. The van der Waals surface area contributed by atoms with E-state index in [0.29, 0.717) is 25.7 Å². The largest absolute Gasteiger partial charge is 0.573 e. The number of halogens is 4. The first-order chi connectivity index (χ1) is 11.8. The van der Waals surface area contributed by atoms with Gasteiger partial charge in [0.1, 0.15) is 17.9 Å². The molecule has 4 nitrogen and oxygen atoms in total. The molecule has 0 atom stereocenters. The zero-order valence-corrected chi connectivity index (χ0v) is 13.1. The molecule has 0 heterocycles. The second-order valence-corrected chi connectivity index (χ2v) is 5.64. The molecule has 0 spiro atoms. The van der Waals surface area contributed by atoms with E-state index in [1.54, 1.807) is 0 Å². The van der Waals surface area contributed by atoms with Gasteiger partial charge in [0.05, 0.1) is 5.56 Å². The van der Waals surface area contributed by atoms with E-state index in [1.165, 1.54) is 24.3 Å². The number of nitrogens with zero attached hydrogens (tertiary/aromatic N) is 1. The summed E-state index contributed by atoms with van der Waals surface area (Å²) in [6.45, 7) is 0. The lowest BCUT2D eigenvalue weighted by Gasteiger charge is -2.26. The molecule has 1 aromatic carbocycles. The highest BCUT2D eigenvalue weighted by Crippen LogP contribution is 2.29. The first kappa shape index (κ1) is 18.8. The number of ether oxygens (including phenoxy) is 2. The SMILES string of the molecule is N#C/C(F)=C\C1CCC(OC(=O)c2ccc(OC(F)(F)F)cc2)CC1. The van der Waals surface area contributed by atoms with Crippen LogP contribution >= 0.6 is 0 Å². The normalized spacial score (nSPS) is 21.3. The van der Waals surface area contributed by atoms with Crippen molar-refractivity contribution in [3.8, 4) is 11.8 Å². The molecule has 0 radical (unpaired) electrons. The van der Waals surface area contributed by atoms with Crippen LogP contribution < -0.4 is 4.74 Å². The average molecular weight is 357 g/mol. The van der Waals surface area contributed by atoms with E-state index in [9.17, 15) is 22.4 Å². The number of hydrogen-bond acceptors (Lipinski definition) is 4. The van der Waals surface area contributed by atoms with Crippen LogP contribution in [0.3, 0.4) is 0 Å². The van der Waals surface area contributed by atoms with Crippen LogP contribution in [0.2, 0.25) is 0 Å². The Kier molecular flexibility index (Phi) is 6.02. The third-order valence-corrected chi connectivity index (χ3v) is 3.81. The van der Waals surface area contributed by atoms with Gasteiger partial charge in [-0.05, 0) is 61.9 Å². The predicted molar refractivity (Wildman–Crippen MR) is 79.1 cm³/mol. The van der Waals surface area contributed by atoms with Gasteiger partial charge in [0.15, 0.2) is 5.83 Å². The van der Waals surface area contributed by atoms with Gasteiger partial charge in [-0.3, -0.25) is 0 Å². The van der Waals surface area contributed by atoms with Crippen LogP contribution in [0.4, 0.5) is 17.6 Å². The Morgan fingerprint density at radius 1 is 1.16 bits per heavy atom. The minimum absolute atomic E-state index is 0.0617. The first-order valence-corrected chi connectivity index (χ1v) is 7.61. The van der Waals surface area contributed by atoms with Gasteiger partial charge in [-0.2, -0.15) is 9.65 Å². The Morgan fingerprint density at radius 2 is 1.76 bits per heavy atom. The smallest absolute Gasteiger partial charge is 0.459 e. The quantitative estimate of drug-likeness (QED) is 0.446. The van der Waals surface area contributed by atoms with Crippen LogP contribution in [0.15, 0.2) is 36.2 Å². The molecule has 0 bridgehead atoms. The van der Waals surface area contributed by atoms with Crippen molar-refractivity contribution in [2.24, 2.45) is 5.92 Å². The molecule has 1 aliphatic rings. The molecule has 0 N–H and O–H groups in total. The fourth-order valence-electron chi connectivity index (χ4n) is 2.63. The van der Waals surface area contributed by atoms with Crippen molar-refractivity contribution in [2.75, 3.05) is 0 Å². The lowest BCUT2D eigenvalue weighted by Crippen LogP contribution is -2.24. The Morgan fingerprint density at radius 3 is 2.28 bits per heavy atom. The van der Waals surface area contributed by atoms with Crippen molar-refractivity contribution in [1.82, 2.24) is 0 Å². The summed E-state index contributed by atoms with van der Waals surface area (Å²) in [5, 5.41) is 8.41. The highest BCUT2D eigenvalue weighted by atomic mass is 19.4. The molecule has 25 heavy (non-hydrogen) atoms. The van der Waals surface area contributed by atoms with Gasteiger partial charge in [0.25, 0.3) is 0 Å². The number of nitriles is 1. The summed E-state index contributed by atoms with van der Waals surface area (Å²) in [4.78, 5) is 12.0. The fourth-order valence-corrected chi connectivity index (χ4v) is 2.63. The van der Waals surface area contributed by atoms with Gasteiger partial charge in [0, 0.05) is 0 Å². The van der Waals surface area contributed by atoms with Crippen LogP contribution in [0.25, 0.3) is 0 Å². The van der Waals surface area contributed by atoms with Crippen molar-refractivity contribution in [1.29, 1.82) is 5.26 Å². The fraction of sp³-hybridized carbons (Fsp3) is 0.412. The lowest BCUT2D eigenvalue weighted by atomic mass is 9.87. The Labute approximate surface area is 141 Å². The molecule has 134 valence electrons. The molecule has 0 aromatic heterocycles. The average Bonchev–Trinajstić information content (AvgIpc) is 2.55. The van der Waals surface area contributed by atoms with Crippen LogP contribution in [-0.2, 0) is 4.74 Å². The predicted octanol–water partition coefficient (Wildman–Crippen LogP) is 4.68. The van der Waals surface area contributed by atoms with Crippen LogP contribution in [0, 0.1) is 17.2 Å². The van der Waals surface area contributed by atoms with Crippen molar-refractivity contribution in [3.05, 3.63) is 41.7 Å². The minimum atomic E-state index is -4.79. The molecular formula is C17H15F4NO3. The van der Waals surface area contributed by atoms with E-state index >= 15 is 0 Å². The molecule has 0 saturated heterocycles. The Hall–Kier alpha value is -2.56. The molecule has 1 aliphatic carbocycles. The van der Waals surface area contributed by atoms with Gasteiger partial charge < -0.3 is 9.47 Å². The maximum Gasteiger partial charge on any atom is 0.573 e. The number of hydrogen-bond donors (Lipinski definition) is 0. The second kappa shape index (κ2) is 8.01. The second-order valence-electron chi connectivity index (χ2n) is 5.64. The molecular weight excluding hydrogens is 342 g/mol. The molecule has 1 aromatic rings. The zero-order valence-electron chi connectivity index (χ0n) is 13.1. The summed E-state index contributed by atoms with van der Waals surface area (Å²) in [6.07, 6.45) is -1.62. The van der Waals surface area contributed by atoms with E-state index in [2.05, 4.69) is 4.74 Å². The van der Waals surface area contributed by atoms with Crippen molar-refractivity contribution in [2.45, 2.75) is 38.1 Å². The molecule has 1 saturated carbocycles. The van der Waals surface area contributed by atoms with Crippen LogP contribution in [-0.4, -0.2) is 18.4 Å². The summed E-state index contributed by atoms with van der Waals surface area (Å²) < 4.78 is 58.2. The number of allylic oxidation sites excluding steroid dienone is 2. The van der Waals surface area contributed by atoms with E-state index < -0.39 is 23.9 Å². The third kappa shape index (κ3) is 6.10. The van der Waals surface area contributed by atoms with E-state index in [1.807, 2.05) is 0 Å². The number of carbonyl (C=O) groups is 1. The summed E-state index contributed by atoms with van der Waals surface area (Å²) >= 11 is 0. The molecule has 0 aliphatic heterocycles. The number of carbonyl (C=O) groups excluding carboxylic acids is 1. The first-order valence-electron chi connectivity index (χ1n) is 7.61. The molecule has 8 heteroatoms. The standard InChI is InChI=1S/C17H15F4NO3/c18-13(10-22)9-11-1-5-14(6-2-11)24-16(23)12-3-7-15(8-4-12)25-17(19,20)21/h3-4,7-9,11,14H,1-2,5-6H2/b13-9+. The summed E-state index contributed by atoms with van der Waals surface area (Å²) in [5.74, 6) is -1.94. The van der Waals surface area contributed by atoms with Gasteiger partial charge in [0.2, 0.25) is 0 Å². The van der Waals surface area contributed by atoms with Crippen molar-refractivity contribution in [3.63, 3.8) is 0 Å². The van der Waals surface area contributed by atoms with Gasteiger partial charge in [-0.15, -0.1) is 13.2 Å². The maximum atomic E-state index is 12.9. The summed E-state index contributed by atoms with van der Waals surface area (Å²) in [5.41, 5.74) is 0.118. The monoisotopic (exact) mass is 357 g/mol. The van der Waals surface area contributed by atoms with E-state index in [4.69, 9.17) is 10.00 Å². The third-order valence-electron chi connectivity index (χ3n) is 3.81. The number of benzene rings is 1. The van der Waals surface area contributed by atoms with E-state index in [-0.39, 0.29) is 17.6 Å². The topological polar surface area (TPSA) is 59.3 Å². The van der Waals surface area contributed by atoms with Crippen molar-refractivity contribution >= 4 is 5.97 Å². The number of esters is 1. The van der Waals surface area contributed by atoms with Gasteiger partial charge in [-0.1, -0.05) is 0 Å². The van der Waals surface area contributed by atoms with Gasteiger partial charge in [-0.25, -0.2) is 4.79 Å².